The van der Waals surface area contributed by atoms with Crippen LogP contribution < -0.4 is 5.32 Å². The zero-order chi connectivity index (χ0) is 10.2. The van der Waals surface area contributed by atoms with E-state index in [1.807, 2.05) is 6.07 Å². The fraction of sp³-hybridized carbons (Fsp3) is 0.385. The molecule has 0 radical (unpaired) electrons. The van der Waals surface area contributed by atoms with Crippen molar-refractivity contribution in [2.24, 2.45) is 0 Å². The predicted octanol–water partition coefficient (Wildman–Crippen LogP) is 2.58. The molecule has 0 fully saturated rings. The van der Waals surface area contributed by atoms with E-state index in [1.54, 1.807) is 0 Å². The third-order valence-corrected chi connectivity index (χ3v) is 1.97. The molecule has 1 aromatic carbocycles. The van der Waals surface area contributed by atoms with E-state index in [0.717, 1.165) is 12.8 Å². The Morgan fingerprint density at radius 1 is 1.29 bits per heavy atom. The fourth-order valence-electron chi connectivity index (χ4n) is 1.28. The van der Waals surface area contributed by atoms with Gasteiger partial charge in [-0.15, -0.1) is 0 Å². The lowest BCUT2D eigenvalue weighted by atomic mass is 10.1. The van der Waals surface area contributed by atoms with E-state index in [2.05, 4.69) is 55.4 Å². The smallest absolute Gasteiger partial charge is 0.0352 e. The molecule has 1 N–H and O–H groups in total. The molecule has 1 atom stereocenters. The maximum atomic E-state index is 3.17. The van der Waals surface area contributed by atoms with Crippen molar-refractivity contribution in [1.82, 2.24) is 5.32 Å². The van der Waals surface area contributed by atoms with E-state index >= 15 is 0 Å². The molecule has 0 saturated heterocycles. The average Bonchev–Trinajstić information content (AvgIpc) is 2.20. The molecule has 0 aromatic heterocycles. The van der Waals surface area contributed by atoms with Gasteiger partial charge in [0.05, 0.1) is 0 Å². The van der Waals surface area contributed by atoms with Crippen molar-refractivity contribution in [1.29, 1.82) is 0 Å². The summed E-state index contributed by atoms with van der Waals surface area (Å²) < 4.78 is 0. The Labute approximate surface area is 86.5 Å². The highest BCUT2D eigenvalue weighted by Crippen LogP contribution is 2.01. The highest BCUT2D eigenvalue weighted by atomic mass is 14.9. The second kappa shape index (κ2) is 6.10. The molecule has 74 valence electrons. The Hall–Kier alpha value is -1.42. The van der Waals surface area contributed by atoms with Crippen molar-refractivity contribution in [2.45, 2.75) is 32.7 Å². The molecule has 0 aliphatic rings. The molecule has 1 nitrogen and oxygen atoms in total. The molecule has 1 heteroatoms. The summed E-state index contributed by atoms with van der Waals surface area (Å²) in [4.78, 5) is 0. The summed E-state index contributed by atoms with van der Waals surface area (Å²) in [5.74, 6) is 3.00. The van der Waals surface area contributed by atoms with Gasteiger partial charge in [0, 0.05) is 18.5 Å². The van der Waals surface area contributed by atoms with Crippen LogP contribution in [0, 0.1) is 12.0 Å². The number of hydrogen-bond acceptors (Lipinski definition) is 1. The summed E-state index contributed by atoms with van der Waals surface area (Å²) in [5, 5.41) is 3.17. The molecule has 1 rings (SSSR count). The Morgan fingerprint density at radius 3 is 2.64 bits per heavy atom. The maximum Gasteiger partial charge on any atom is 0.0352 e. The standard InChI is InChI=1S/C13H17N/c1-3-4-10-14-12(2)11-13-8-6-5-7-9-13/h5-9,12,14H,3,11H2,1-2H3. The van der Waals surface area contributed by atoms with Gasteiger partial charge < -0.3 is 5.32 Å². The summed E-state index contributed by atoms with van der Waals surface area (Å²) in [7, 11) is 0. The first-order chi connectivity index (χ1) is 6.83. The normalized spacial score (nSPS) is 11.3. The van der Waals surface area contributed by atoms with Crippen molar-refractivity contribution < 1.29 is 0 Å². The largest absolute Gasteiger partial charge is 0.343 e. The number of rotatable bonds is 3. The first kappa shape index (κ1) is 10.7. The quantitative estimate of drug-likeness (QED) is 0.566. The van der Waals surface area contributed by atoms with Crippen LogP contribution in [0.1, 0.15) is 25.8 Å². The van der Waals surface area contributed by atoms with E-state index in [-0.39, 0.29) is 0 Å². The Balaban J connectivity index is 2.38. The van der Waals surface area contributed by atoms with Gasteiger partial charge >= 0.3 is 0 Å². The molecule has 0 saturated carbocycles. The fourth-order valence-corrected chi connectivity index (χ4v) is 1.28. The lowest BCUT2D eigenvalue weighted by Crippen LogP contribution is -2.23. The second-order valence-electron chi connectivity index (χ2n) is 3.39. The molecule has 0 spiro atoms. The van der Waals surface area contributed by atoms with Crippen LogP contribution in [0.15, 0.2) is 30.3 Å². The van der Waals surface area contributed by atoms with Gasteiger partial charge in [-0.05, 0) is 18.9 Å². The molecule has 0 amide bonds. The van der Waals surface area contributed by atoms with Crippen molar-refractivity contribution in [3.05, 3.63) is 35.9 Å². The molecule has 0 heterocycles. The number of nitrogens with one attached hydrogen (secondary N) is 1. The third kappa shape index (κ3) is 4.00. The monoisotopic (exact) mass is 187 g/mol. The van der Waals surface area contributed by atoms with Crippen LogP contribution in [0.25, 0.3) is 0 Å². The summed E-state index contributed by atoms with van der Waals surface area (Å²) in [6.45, 7) is 4.20. The van der Waals surface area contributed by atoms with Gasteiger partial charge in [-0.25, -0.2) is 0 Å². The van der Waals surface area contributed by atoms with Gasteiger partial charge in [-0.2, -0.15) is 0 Å². The highest BCUT2D eigenvalue weighted by molar-refractivity contribution is 5.16. The number of hydrogen-bond donors (Lipinski definition) is 1. The van der Waals surface area contributed by atoms with Gasteiger partial charge in [-0.1, -0.05) is 43.2 Å². The van der Waals surface area contributed by atoms with Gasteiger partial charge in [0.25, 0.3) is 0 Å². The second-order valence-corrected chi connectivity index (χ2v) is 3.39. The minimum Gasteiger partial charge on any atom is -0.343 e. The first-order valence-corrected chi connectivity index (χ1v) is 5.10. The zero-order valence-corrected chi connectivity index (χ0v) is 8.88. The minimum atomic E-state index is 0.413. The lowest BCUT2D eigenvalue weighted by Gasteiger charge is -2.09. The van der Waals surface area contributed by atoms with Crippen LogP contribution in [0.3, 0.4) is 0 Å². The predicted molar refractivity (Wildman–Crippen MR) is 60.8 cm³/mol. The van der Waals surface area contributed by atoms with Crippen molar-refractivity contribution in [3.63, 3.8) is 0 Å². The molecule has 0 aliphatic heterocycles. The van der Waals surface area contributed by atoms with Crippen LogP contribution in [0.2, 0.25) is 0 Å². The Kier molecular flexibility index (Phi) is 4.64. The maximum absolute atomic E-state index is 3.17. The summed E-state index contributed by atoms with van der Waals surface area (Å²) in [6.07, 6.45) is 1.93. The average molecular weight is 187 g/mol. The SMILES string of the molecule is CCC#CNC(C)Cc1ccccc1. The van der Waals surface area contributed by atoms with Crippen LogP contribution in [-0.4, -0.2) is 6.04 Å². The van der Waals surface area contributed by atoms with E-state index in [4.69, 9.17) is 0 Å². The molecule has 1 aromatic rings. The van der Waals surface area contributed by atoms with Gasteiger partial charge in [-0.3, -0.25) is 0 Å². The Morgan fingerprint density at radius 2 is 2.00 bits per heavy atom. The third-order valence-electron chi connectivity index (χ3n) is 1.97. The molecule has 1 unspecified atom stereocenters. The van der Waals surface area contributed by atoms with Gasteiger partial charge in [0.15, 0.2) is 0 Å². The van der Waals surface area contributed by atoms with Crippen molar-refractivity contribution >= 4 is 0 Å². The lowest BCUT2D eigenvalue weighted by molar-refractivity contribution is 0.650. The molecule has 0 bridgehead atoms. The van der Waals surface area contributed by atoms with Gasteiger partial charge in [0.1, 0.15) is 0 Å². The summed E-state index contributed by atoms with van der Waals surface area (Å²) >= 11 is 0. The highest BCUT2D eigenvalue weighted by Gasteiger charge is 1.99. The Bertz CT molecular complexity index is 305. The molecule has 14 heavy (non-hydrogen) atoms. The summed E-state index contributed by atoms with van der Waals surface area (Å²) in [6, 6.07) is 13.8. The first-order valence-electron chi connectivity index (χ1n) is 5.10. The van der Waals surface area contributed by atoms with Crippen molar-refractivity contribution in [3.8, 4) is 12.0 Å². The van der Waals surface area contributed by atoms with Gasteiger partial charge in [0.2, 0.25) is 0 Å². The van der Waals surface area contributed by atoms with Crippen LogP contribution in [-0.2, 0) is 6.42 Å². The van der Waals surface area contributed by atoms with Crippen LogP contribution in [0.4, 0.5) is 0 Å². The van der Waals surface area contributed by atoms with Crippen LogP contribution in [0.5, 0.6) is 0 Å². The minimum absolute atomic E-state index is 0.413. The topological polar surface area (TPSA) is 12.0 Å². The van der Waals surface area contributed by atoms with E-state index < -0.39 is 0 Å². The molecular weight excluding hydrogens is 170 g/mol. The number of benzene rings is 1. The molecular formula is C13H17N. The zero-order valence-electron chi connectivity index (χ0n) is 8.88. The summed E-state index contributed by atoms with van der Waals surface area (Å²) in [5.41, 5.74) is 1.35. The van der Waals surface area contributed by atoms with E-state index in [0.29, 0.717) is 6.04 Å². The van der Waals surface area contributed by atoms with Crippen molar-refractivity contribution in [2.75, 3.05) is 0 Å². The van der Waals surface area contributed by atoms with E-state index in [9.17, 15) is 0 Å². The van der Waals surface area contributed by atoms with E-state index in [1.165, 1.54) is 5.56 Å². The molecule has 0 aliphatic carbocycles. The van der Waals surface area contributed by atoms with Crippen LogP contribution >= 0.6 is 0 Å².